The second-order valence-electron chi connectivity index (χ2n) is 4.55. The van der Waals surface area contributed by atoms with Crippen LogP contribution in [0.1, 0.15) is 13.8 Å². The van der Waals surface area contributed by atoms with Crippen LogP contribution in [0.4, 0.5) is 11.4 Å². The first-order valence-corrected chi connectivity index (χ1v) is 6.28. The predicted octanol–water partition coefficient (Wildman–Crippen LogP) is 1.76. The monoisotopic (exact) mass is 261 g/mol. The van der Waals surface area contributed by atoms with Gasteiger partial charge < -0.3 is 15.8 Å². The van der Waals surface area contributed by atoms with Crippen molar-refractivity contribution in [2.24, 2.45) is 0 Å². The van der Waals surface area contributed by atoms with Gasteiger partial charge in [0.1, 0.15) is 5.75 Å². The number of nitrogens with zero attached hydrogens (tertiary/aromatic N) is 3. The number of anilines is 2. The number of nitrogens with two attached hydrogens (primary N) is 1. The first kappa shape index (κ1) is 13.2. The lowest BCUT2D eigenvalue weighted by Gasteiger charge is -2.13. The summed E-state index contributed by atoms with van der Waals surface area (Å²) in [7, 11) is 0. The highest BCUT2D eigenvalue weighted by Crippen LogP contribution is 2.23. The van der Waals surface area contributed by atoms with Gasteiger partial charge in [-0.2, -0.15) is 0 Å². The summed E-state index contributed by atoms with van der Waals surface area (Å²) in [5.74, 6) is 0.776. The van der Waals surface area contributed by atoms with Crippen LogP contribution in [-0.2, 0) is 6.54 Å². The molecule has 0 aliphatic carbocycles. The third kappa shape index (κ3) is 4.17. The molecule has 1 aromatic carbocycles. The quantitative estimate of drug-likeness (QED) is 0.775. The fraction of sp³-hybridized carbons (Fsp3) is 0.385. The minimum Gasteiger partial charge on any atom is -0.491 e. The van der Waals surface area contributed by atoms with Crippen LogP contribution >= 0.6 is 0 Å². The van der Waals surface area contributed by atoms with Crippen LogP contribution in [0.3, 0.4) is 0 Å². The number of rotatable bonds is 6. The van der Waals surface area contributed by atoms with E-state index in [0.29, 0.717) is 5.69 Å². The summed E-state index contributed by atoms with van der Waals surface area (Å²) in [4.78, 5) is 0. The Morgan fingerprint density at radius 2 is 2.21 bits per heavy atom. The first-order chi connectivity index (χ1) is 9.13. The molecule has 0 aliphatic rings. The van der Waals surface area contributed by atoms with Gasteiger partial charge in [-0.1, -0.05) is 5.21 Å². The molecular weight excluding hydrogens is 242 g/mol. The lowest BCUT2D eigenvalue weighted by atomic mass is 10.2. The van der Waals surface area contributed by atoms with Gasteiger partial charge in [0.05, 0.1) is 18.8 Å². The molecule has 6 nitrogen and oxygen atoms in total. The van der Waals surface area contributed by atoms with Crippen molar-refractivity contribution in [1.82, 2.24) is 15.0 Å². The average molecular weight is 261 g/mol. The molecular formula is C13H19N5O. The Balaban J connectivity index is 1.93. The van der Waals surface area contributed by atoms with Crippen molar-refractivity contribution in [3.8, 4) is 5.75 Å². The highest BCUT2D eigenvalue weighted by Gasteiger charge is 2.02. The highest BCUT2D eigenvalue weighted by atomic mass is 16.5. The highest BCUT2D eigenvalue weighted by molar-refractivity contribution is 5.59. The molecule has 0 fully saturated rings. The molecule has 102 valence electrons. The maximum atomic E-state index is 5.85. The maximum Gasteiger partial charge on any atom is 0.123 e. The molecule has 0 bridgehead atoms. The fourth-order valence-corrected chi connectivity index (χ4v) is 1.73. The normalized spacial score (nSPS) is 10.7. The van der Waals surface area contributed by atoms with Gasteiger partial charge in [0.25, 0.3) is 0 Å². The summed E-state index contributed by atoms with van der Waals surface area (Å²) < 4.78 is 7.41. The van der Waals surface area contributed by atoms with E-state index in [-0.39, 0.29) is 6.10 Å². The predicted molar refractivity (Wildman–Crippen MR) is 75.1 cm³/mol. The Morgan fingerprint density at radius 1 is 1.37 bits per heavy atom. The second-order valence-corrected chi connectivity index (χ2v) is 4.55. The van der Waals surface area contributed by atoms with Crippen LogP contribution in [0, 0.1) is 0 Å². The Hall–Kier alpha value is -2.24. The van der Waals surface area contributed by atoms with Crippen LogP contribution in [-0.4, -0.2) is 27.6 Å². The van der Waals surface area contributed by atoms with Crippen molar-refractivity contribution in [3.05, 3.63) is 30.6 Å². The molecule has 0 radical (unpaired) electrons. The zero-order valence-electron chi connectivity index (χ0n) is 11.2. The summed E-state index contributed by atoms with van der Waals surface area (Å²) in [6.07, 6.45) is 3.62. The van der Waals surface area contributed by atoms with Crippen LogP contribution in [0.15, 0.2) is 30.6 Å². The van der Waals surface area contributed by atoms with Gasteiger partial charge in [0.15, 0.2) is 0 Å². The zero-order valence-corrected chi connectivity index (χ0v) is 11.2. The molecule has 0 aliphatic heterocycles. The van der Waals surface area contributed by atoms with Gasteiger partial charge in [-0.25, -0.2) is 0 Å². The molecule has 1 aromatic heterocycles. The Bertz CT molecular complexity index is 510. The summed E-state index contributed by atoms with van der Waals surface area (Å²) in [6, 6.07) is 5.65. The SMILES string of the molecule is CC(C)Oc1cc(N)cc(NCCn2ccnn2)c1. The second kappa shape index (κ2) is 6.08. The number of benzene rings is 1. The van der Waals surface area contributed by atoms with Crippen molar-refractivity contribution in [1.29, 1.82) is 0 Å². The van der Waals surface area contributed by atoms with Crippen LogP contribution in [0.25, 0.3) is 0 Å². The summed E-state index contributed by atoms with van der Waals surface area (Å²) in [5, 5.41) is 10.9. The lowest BCUT2D eigenvalue weighted by Crippen LogP contribution is -2.12. The van der Waals surface area contributed by atoms with Crippen molar-refractivity contribution >= 4 is 11.4 Å². The van der Waals surface area contributed by atoms with Crippen molar-refractivity contribution in [3.63, 3.8) is 0 Å². The molecule has 1 heterocycles. The smallest absolute Gasteiger partial charge is 0.123 e. The van der Waals surface area contributed by atoms with Crippen molar-refractivity contribution in [2.45, 2.75) is 26.5 Å². The fourth-order valence-electron chi connectivity index (χ4n) is 1.73. The molecule has 2 aromatic rings. The van der Waals surface area contributed by atoms with E-state index in [2.05, 4.69) is 15.6 Å². The number of aromatic nitrogens is 3. The molecule has 0 atom stereocenters. The molecule has 19 heavy (non-hydrogen) atoms. The van der Waals surface area contributed by atoms with E-state index < -0.39 is 0 Å². The number of hydrogen-bond donors (Lipinski definition) is 2. The van der Waals surface area contributed by atoms with E-state index in [0.717, 1.165) is 24.5 Å². The molecule has 2 rings (SSSR count). The maximum absolute atomic E-state index is 5.85. The summed E-state index contributed by atoms with van der Waals surface area (Å²) in [6.45, 7) is 5.46. The van der Waals surface area contributed by atoms with Gasteiger partial charge in [0, 0.05) is 36.2 Å². The molecule has 0 amide bonds. The number of nitrogens with one attached hydrogen (secondary N) is 1. The lowest BCUT2D eigenvalue weighted by molar-refractivity contribution is 0.242. The molecule has 0 saturated carbocycles. The molecule has 0 saturated heterocycles. The first-order valence-electron chi connectivity index (χ1n) is 6.28. The number of hydrogen-bond acceptors (Lipinski definition) is 5. The van der Waals surface area contributed by atoms with E-state index in [4.69, 9.17) is 10.5 Å². The average Bonchev–Trinajstić information content (AvgIpc) is 2.80. The van der Waals surface area contributed by atoms with E-state index >= 15 is 0 Å². The van der Waals surface area contributed by atoms with Crippen molar-refractivity contribution in [2.75, 3.05) is 17.6 Å². The van der Waals surface area contributed by atoms with Crippen LogP contribution in [0.5, 0.6) is 5.75 Å². The largest absolute Gasteiger partial charge is 0.491 e. The zero-order chi connectivity index (χ0) is 13.7. The third-order valence-electron chi connectivity index (χ3n) is 2.44. The van der Waals surface area contributed by atoms with Gasteiger partial charge in [-0.05, 0) is 19.9 Å². The topological polar surface area (TPSA) is 78.0 Å². The third-order valence-corrected chi connectivity index (χ3v) is 2.44. The molecule has 0 unspecified atom stereocenters. The van der Waals surface area contributed by atoms with E-state index in [9.17, 15) is 0 Å². The number of nitrogen functional groups attached to an aromatic ring is 1. The minimum atomic E-state index is 0.129. The molecule has 6 heteroatoms. The van der Waals surface area contributed by atoms with Crippen LogP contribution < -0.4 is 15.8 Å². The van der Waals surface area contributed by atoms with Gasteiger partial charge in [-0.3, -0.25) is 4.68 Å². The molecule has 3 N–H and O–H groups in total. The van der Waals surface area contributed by atoms with Crippen molar-refractivity contribution < 1.29 is 4.74 Å². The Kier molecular flexibility index (Phi) is 4.22. The molecule has 0 spiro atoms. The van der Waals surface area contributed by atoms with Gasteiger partial charge in [-0.15, -0.1) is 5.10 Å². The Morgan fingerprint density at radius 3 is 2.89 bits per heavy atom. The summed E-state index contributed by atoms with van der Waals surface area (Å²) in [5.41, 5.74) is 7.48. The standard InChI is InChI=1S/C13H19N5O/c1-10(2)19-13-8-11(14)7-12(9-13)15-3-5-18-6-4-16-17-18/h4,6-10,15H,3,5,14H2,1-2H3. The Labute approximate surface area is 112 Å². The van der Waals surface area contributed by atoms with E-state index in [1.165, 1.54) is 0 Å². The summed E-state index contributed by atoms with van der Waals surface area (Å²) >= 11 is 0. The minimum absolute atomic E-state index is 0.129. The van der Waals surface area contributed by atoms with E-state index in [1.807, 2.05) is 38.2 Å². The van der Waals surface area contributed by atoms with Crippen LogP contribution in [0.2, 0.25) is 0 Å². The van der Waals surface area contributed by atoms with Gasteiger partial charge in [0.2, 0.25) is 0 Å². The van der Waals surface area contributed by atoms with E-state index in [1.54, 1.807) is 10.9 Å². The van der Waals surface area contributed by atoms with Gasteiger partial charge >= 0.3 is 0 Å². The number of ether oxygens (including phenoxy) is 1.